The minimum Gasteiger partial charge on any atom is -0.457 e. The van der Waals surface area contributed by atoms with E-state index in [-0.39, 0.29) is 17.8 Å². The number of amidine groups is 1. The molecule has 3 amide bonds. The molecule has 1 aliphatic carbocycles. The van der Waals surface area contributed by atoms with Crippen LogP contribution in [0.1, 0.15) is 62.4 Å². The zero-order valence-corrected chi connectivity index (χ0v) is 24.8. The van der Waals surface area contributed by atoms with Crippen LogP contribution < -0.4 is 31.6 Å². The van der Waals surface area contributed by atoms with E-state index in [1.165, 1.54) is 0 Å². The van der Waals surface area contributed by atoms with Crippen molar-refractivity contribution in [1.82, 2.24) is 5.32 Å². The summed E-state index contributed by atoms with van der Waals surface area (Å²) in [6.07, 6.45) is 2.43. The second-order valence-electron chi connectivity index (χ2n) is 11.4. The number of primary amides is 1. The van der Waals surface area contributed by atoms with Gasteiger partial charge >= 0.3 is 6.09 Å². The standard InChI is InChI=1S/C32H37N5O7/c1-32(2,3)44-31(40)36-27-7-5-4-6-26(27)30(39)35-21-16-24(42-22-12-8-19(9-13-22)28(33)37-41)18-25(17-21)43-23-14-10-20(11-15-23)29(34)38/h8-18,26-27,41H,4-7H2,1-3H3,(H2,33,37)(H2,34,38)(H,35,39)(H,36,40). The predicted molar refractivity (Wildman–Crippen MR) is 164 cm³/mol. The van der Waals surface area contributed by atoms with E-state index >= 15 is 0 Å². The first-order valence-electron chi connectivity index (χ1n) is 14.2. The summed E-state index contributed by atoms with van der Waals surface area (Å²) in [6.45, 7) is 5.35. The molecule has 1 aliphatic rings. The van der Waals surface area contributed by atoms with E-state index in [1.54, 1.807) is 87.5 Å². The Labute approximate surface area is 255 Å². The highest BCUT2D eigenvalue weighted by molar-refractivity contribution is 5.97. The minimum atomic E-state index is -0.660. The molecule has 0 radical (unpaired) electrons. The Hall–Kier alpha value is -5.26. The summed E-state index contributed by atoms with van der Waals surface area (Å²) in [5.74, 6) is 0.259. The maximum absolute atomic E-state index is 13.5. The number of hydrogen-bond acceptors (Lipinski definition) is 8. The van der Waals surface area contributed by atoms with Gasteiger partial charge in [-0.2, -0.15) is 0 Å². The Balaban J connectivity index is 1.57. The van der Waals surface area contributed by atoms with Gasteiger partial charge in [0.2, 0.25) is 11.8 Å². The van der Waals surface area contributed by atoms with Crippen LogP contribution in [-0.4, -0.2) is 40.6 Å². The summed E-state index contributed by atoms with van der Waals surface area (Å²) in [5.41, 5.74) is 11.6. The maximum Gasteiger partial charge on any atom is 0.407 e. The molecule has 4 rings (SSSR count). The molecule has 12 heteroatoms. The van der Waals surface area contributed by atoms with Crippen LogP contribution in [0.4, 0.5) is 10.5 Å². The SMILES string of the molecule is CC(C)(C)OC(=O)NC1CCCCC1C(=O)Nc1cc(Oc2ccc(C(N)=O)cc2)cc(Oc2ccc(C(N)=NO)cc2)c1. The predicted octanol–water partition coefficient (Wildman–Crippen LogP) is 5.49. The summed E-state index contributed by atoms with van der Waals surface area (Å²) in [5, 5.41) is 17.7. The van der Waals surface area contributed by atoms with E-state index in [2.05, 4.69) is 15.8 Å². The van der Waals surface area contributed by atoms with Crippen molar-refractivity contribution in [2.45, 2.75) is 58.1 Å². The van der Waals surface area contributed by atoms with Crippen molar-refractivity contribution in [3.63, 3.8) is 0 Å². The van der Waals surface area contributed by atoms with Crippen LogP contribution in [-0.2, 0) is 9.53 Å². The molecule has 0 bridgehead atoms. The molecule has 7 N–H and O–H groups in total. The lowest BCUT2D eigenvalue weighted by Crippen LogP contribution is -2.48. The first-order chi connectivity index (χ1) is 20.9. The number of ether oxygens (including phenoxy) is 3. The number of hydrogen-bond donors (Lipinski definition) is 5. The molecule has 0 aromatic heterocycles. The van der Waals surface area contributed by atoms with E-state index < -0.39 is 23.5 Å². The minimum absolute atomic E-state index is 0.0403. The van der Waals surface area contributed by atoms with Crippen LogP contribution in [0.3, 0.4) is 0 Å². The van der Waals surface area contributed by atoms with Gasteiger partial charge in [-0.3, -0.25) is 9.59 Å². The zero-order valence-electron chi connectivity index (χ0n) is 24.8. The number of nitrogens with zero attached hydrogens (tertiary/aromatic N) is 1. The van der Waals surface area contributed by atoms with Crippen molar-refractivity contribution in [3.05, 3.63) is 77.9 Å². The Morgan fingerprint density at radius 3 is 1.89 bits per heavy atom. The van der Waals surface area contributed by atoms with E-state index in [9.17, 15) is 14.4 Å². The molecule has 0 saturated heterocycles. The van der Waals surface area contributed by atoms with Crippen LogP contribution in [0.5, 0.6) is 23.0 Å². The summed E-state index contributed by atoms with van der Waals surface area (Å²) >= 11 is 0. The second-order valence-corrected chi connectivity index (χ2v) is 11.4. The average molecular weight is 604 g/mol. The lowest BCUT2D eigenvalue weighted by molar-refractivity contribution is -0.121. The van der Waals surface area contributed by atoms with Gasteiger partial charge in [-0.05, 0) is 82.1 Å². The largest absolute Gasteiger partial charge is 0.457 e. The monoisotopic (exact) mass is 603 g/mol. The molecule has 2 unspecified atom stereocenters. The molecule has 44 heavy (non-hydrogen) atoms. The van der Waals surface area contributed by atoms with Gasteiger partial charge in [0.1, 0.15) is 28.6 Å². The fourth-order valence-corrected chi connectivity index (χ4v) is 4.78. The third-order valence-electron chi connectivity index (χ3n) is 6.82. The number of nitrogens with one attached hydrogen (secondary N) is 2. The molecule has 3 aromatic carbocycles. The highest BCUT2D eigenvalue weighted by Crippen LogP contribution is 2.34. The topological polar surface area (TPSA) is 188 Å². The molecule has 3 aromatic rings. The number of alkyl carbamates (subject to hydrolysis) is 1. The molecular formula is C32H37N5O7. The first-order valence-corrected chi connectivity index (χ1v) is 14.2. The van der Waals surface area contributed by atoms with E-state index in [4.69, 9.17) is 30.9 Å². The molecular weight excluding hydrogens is 566 g/mol. The van der Waals surface area contributed by atoms with Crippen molar-refractivity contribution >= 4 is 29.4 Å². The van der Waals surface area contributed by atoms with Gasteiger partial charge in [-0.25, -0.2) is 4.79 Å². The lowest BCUT2D eigenvalue weighted by atomic mass is 9.84. The highest BCUT2D eigenvalue weighted by atomic mass is 16.6. The zero-order chi connectivity index (χ0) is 31.9. The van der Waals surface area contributed by atoms with Gasteiger partial charge in [-0.1, -0.05) is 18.0 Å². The number of anilines is 1. The Bertz CT molecular complexity index is 1520. The summed E-state index contributed by atoms with van der Waals surface area (Å²) in [4.78, 5) is 37.5. The van der Waals surface area contributed by atoms with Crippen LogP contribution in [0, 0.1) is 5.92 Å². The molecule has 1 saturated carbocycles. The number of oxime groups is 1. The number of carbonyl (C=O) groups is 3. The van der Waals surface area contributed by atoms with Crippen molar-refractivity contribution in [2.24, 2.45) is 22.5 Å². The van der Waals surface area contributed by atoms with Gasteiger partial charge in [0.15, 0.2) is 5.84 Å². The Kier molecular flexibility index (Phi) is 9.94. The molecule has 232 valence electrons. The smallest absolute Gasteiger partial charge is 0.407 e. The van der Waals surface area contributed by atoms with Crippen LogP contribution >= 0.6 is 0 Å². The van der Waals surface area contributed by atoms with Gasteiger partial charge in [0, 0.05) is 41.1 Å². The summed E-state index contributed by atoms with van der Waals surface area (Å²) < 4.78 is 17.5. The van der Waals surface area contributed by atoms with E-state index in [0.29, 0.717) is 52.7 Å². The highest BCUT2D eigenvalue weighted by Gasteiger charge is 2.33. The normalized spacial score (nSPS) is 16.8. The Morgan fingerprint density at radius 1 is 0.818 bits per heavy atom. The molecule has 1 fully saturated rings. The number of rotatable bonds is 9. The van der Waals surface area contributed by atoms with Crippen molar-refractivity contribution in [3.8, 4) is 23.0 Å². The molecule has 0 heterocycles. The number of carbonyl (C=O) groups excluding carboxylic acids is 3. The quantitative estimate of drug-likeness (QED) is 0.0919. The number of nitrogens with two attached hydrogens (primary N) is 2. The lowest BCUT2D eigenvalue weighted by Gasteiger charge is -2.32. The van der Waals surface area contributed by atoms with Crippen molar-refractivity contribution < 1.29 is 33.8 Å². The molecule has 0 aliphatic heterocycles. The molecule has 12 nitrogen and oxygen atoms in total. The summed E-state index contributed by atoms with van der Waals surface area (Å²) in [7, 11) is 0. The van der Waals surface area contributed by atoms with Crippen LogP contribution in [0.15, 0.2) is 71.9 Å². The molecule has 2 atom stereocenters. The first kappa shape index (κ1) is 31.7. The van der Waals surface area contributed by atoms with Gasteiger partial charge in [-0.15, -0.1) is 0 Å². The third-order valence-corrected chi connectivity index (χ3v) is 6.82. The van der Waals surface area contributed by atoms with E-state index in [1.807, 2.05) is 0 Å². The van der Waals surface area contributed by atoms with Gasteiger partial charge in [0.25, 0.3) is 0 Å². The van der Waals surface area contributed by atoms with E-state index in [0.717, 1.165) is 12.8 Å². The molecule has 0 spiro atoms. The van der Waals surface area contributed by atoms with Gasteiger partial charge in [0.05, 0.1) is 5.92 Å². The third kappa shape index (κ3) is 8.87. The summed E-state index contributed by atoms with van der Waals surface area (Å²) in [6, 6.07) is 17.4. The van der Waals surface area contributed by atoms with Crippen molar-refractivity contribution in [2.75, 3.05) is 5.32 Å². The average Bonchev–Trinajstić information content (AvgIpc) is 2.96. The van der Waals surface area contributed by atoms with Crippen LogP contribution in [0.25, 0.3) is 0 Å². The van der Waals surface area contributed by atoms with Crippen LogP contribution in [0.2, 0.25) is 0 Å². The fraction of sp³-hybridized carbons (Fsp3) is 0.312. The number of benzene rings is 3. The second kappa shape index (κ2) is 13.8. The van der Waals surface area contributed by atoms with Gasteiger partial charge < -0.3 is 41.5 Å². The van der Waals surface area contributed by atoms with Crippen molar-refractivity contribution in [1.29, 1.82) is 0 Å². The maximum atomic E-state index is 13.5. The fourth-order valence-electron chi connectivity index (χ4n) is 4.78. The number of amides is 3. The Morgan fingerprint density at radius 2 is 1.36 bits per heavy atom.